The number of rotatable bonds is 6. The minimum Gasteiger partial charge on any atom is -0.340 e. The minimum absolute atomic E-state index is 0.0548. The van der Waals surface area contributed by atoms with E-state index in [9.17, 15) is 13.2 Å². The van der Waals surface area contributed by atoms with Crippen LogP contribution in [0.5, 0.6) is 0 Å². The number of amides is 1. The monoisotopic (exact) mass is 404 g/mol. The third kappa shape index (κ3) is 4.99. The van der Waals surface area contributed by atoms with E-state index < -0.39 is 15.9 Å². The van der Waals surface area contributed by atoms with Crippen molar-refractivity contribution in [2.75, 3.05) is 5.75 Å². The molecule has 1 aliphatic rings. The van der Waals surface area contributed by atoms with Gasteiger partial charge in [-0.15, -0.1) is 4.83 Å². The van der Waals surface area contributed by atoms with E-state index >= 15 is 0 Å². The minimum atomic E-state index is -3.56. The Hall–Kier alpha value is -2.19. The molecule has 0 saturated heterocycles. The maximum absolute atomic E-state index is 12.7. The number of hydrogen-bond acceptors (Lipinski definition) is 4. The van der Waals surface area contributed by atoms with Gasteiger partial charge in [0, 0.05) is 24.4 Å². The lowest BCUT2D eigenvalue weighted by atomic mass is 9.91. The molecule has 0 unspecified atom stereocenters. The van der Waals surface area contributed by atoms with Crippen molar-refractivity contribution < 1.29 is 13.2 Å². The van der Waals surface area contributed by atoms with Crippen LogP contribution < -0.4 is 10.3 Å². The van der Waals surface area contributed by atoms with E-state index in [1.165, 1.54) is 6.42 Å². The zero-order valence-electron chi connectivity index (χ0n) is 16.7. The maximum Gasteiger partial charge on any atom is 0.266 e. The molecule has 7 nitrogen and oxygen atoms in total. The maximum atomic E-state index is 12.7. The topological polar surface area (TPSA) is 93.1 Å². The van der Waals surface area contributed by atoms with Crippen LogP contribution in [0, 0.1) is 19.8 Å². The standard InChI is InChI=1S/C20H28N4O3S/c1-14-9-17(19-11-24(3)13-21-19)10-18(15(14)2)20(25)22-23-28(26,27)12-16-7-5-4-6-8-16/h9-11,13,16,23H,4-8,12H2,1-3H3,(H,22,25). The number of sulfonamides is 1. The molecule has 1 heterocycles. The highest BCUT2D eigenvalue weighted by Crippen LogP contribution is 2.25. The van der Waals surface area contributed by atoms with Crippen LogP contribution in [-0.4, -0.2) is 29.6 Å². The predicted octanol–water partition coefficient (Wildman–Crippen LogP) is 2.85. The van der Waals surface area contributed by atoms with Crippen LogP contribution in [0.25, 0.3) is 11.3 Å². The number of benzene rings is 1. The molecule has 28 heavy (non-hydrogen) atoms. The van der Waals surface area contributed by atoms with Crippen molar-refractivity contribution in [1.29, 1.82) is 0 Å². The number of aromatic nitrogens is 2. The fraction of sp³-hybridized carbons (Fsp3) is 0.500. The van der Waals surface area contributed by atoms with Gasteiger partial charge in [-0.1, -0.05) is 19.3 Å². The molecule has 8 heteroatoms. The van der Waals surface area contributed by atoms with Crippen LogP contribution in [0.1, 0.15) is 53.6 Å². The molecule has 152 valence electrons. The van der Waals surface area contributed by atoms with E-state index in [0.717, 1.165) is 48.1 Å². The van der Waals surface area contributed by atoms with E-state index in [-0.39, 0.29) is 11.7 Å². The number of carbonyl (C=O) groups excluding carboxylic acids is 1. The average molecular weight is 405 g/mol. The molecule has 0 aliphatic heterocycles. The lowest BCUT2D eigenvalue weighted by Gasteiger charge is -2.21. The Bertz CT molecular complexity index is 960. The second-order valence-electron chi connectivity index (χ2n) is 7.73. The van der Waals surface area contributed by atoms with Crippen LogP contribution in [0.2, 0.25) is 0 Å². The van der Waals surface area contributed by atoms with Gasteiger partial charge in [-0.3, -0.25) is 10.2 Å². The van der Waals surface area contributed by atoms with Gasteiger partial charge in [-0.05, 0) is 55.9 Å². The Balaban J connectivity index is 1.72. The number of hydrogen-bond donors (Lipinski definition) is 2. The van der Waals surface area contributed by atoms with Crippen molar-refractivity contribution in [1.82, 2.24) is 19.8 Å². The summed E-state index contributed by atoms with van der Waals surface area (Å²) in [6.07, 6.45) is 8.75. The first-order chi connectivity index (χ1) is 13.2. The average Bonchev–Trinajstić information content (AvgIpc) is 3.09. The number of nitrogens with zero attached hydrogens (tertiary/aromatic N) is 2. The largest absolute Gasteiger partial charge is 0.340 e. The lowest BCUT2D eigenvalue weighted by molar-refractivity contribution is 0.0944. The van der Waals surface area contributed by atoms with Crippen LogP contribution >= 0.6 is 0 Å². The van der Waals surface area contributed by atoms with Gasteiger partial charge in [0.25, 0.3) is 5.91 Å². The number of nitrogens with one attached hydrogen (secondary N) is 2. The van der Waals surface area contributed by atoms with Crippen molar-refractivity contribution in [2.24, 2.45) is 13.0 Å². The molecule has 0 spiro atoms. The third-order valence-corrected chi connectivity index (χ3v) is 6.74. The van der Waals surface area contributed by atoms with Crippen molar-refractivity contribution in [3.05, 3.63) is 41.3 Å². The van der Waals surface area contributed by atoms with E-state index in [1.54, 1.807) is 12.4 Å². The lowest BCUT2D eigenvalue weighted by Crippen LogP contribution is -2.44. The second kappa shape index (κ2) is 8.45. The first-order valence-corrected chi connectivity index (χ1v) is 11.3. The first-order valence-electron chi connectivity index (χ1n) is 9.64. The summed E-state index contributed by atoms with van der Waals surface area (Å²) in [4.78, 5) is 19.3. The second-order valence-corrected chi connectivity index (χ2v) is 9.50. The molecular formula is C20H28N4O3S. The van der Waals surface area contributed by atoms with E-state index in [0.29, 0.717) is 5.56 Å². The molecule has 3 rings (SSSR count). The Labute approximate surface area is 166 Å². The Morgan fingerprint density at radius 3 is 2.57 bits per heavy atom. The molecule has 0 bridgehead atoms. The molecule has 0 atom stereocenters. The van der Waals surface area contributed by atoms with Crippen LogP contribution in [0.15, 0.2) is 24.7 Å². The van der Waals surface area contributed by atoms with Gasteiger partial charge in [-0.2, -0.15) is 0 Å². The van der Waals surface area contributed by atoms with Gasteiger partial charge in [0.2, 0.25) is 10.0 Å². The van der Waals surface area contributed by atoms with Crippen LogP contribution in [0.3, 0.4) is 0 Å². The van der Waals surface area contributed by atoms with Crippen LogP contribution in [-0.2, 0) is 17.1 Å². The highest BCUT2D eigenvalue weighted by Gasteiger charge is 2.22. The SMILES string of the molecule is Cc1cc(-c2cn(C)cn2)cc(C(=O)NNS(=O)(=O)CC2CCCCC2)c1C. The Kier molecular flexibility index (Phi) is 6.20. The van der Waals surface area contributed by atoms with Gasteiger partial charge < -0.3 is 4.57 Å². The first kappa shape index (κ1) is 20.5. The highest BCUT2D eigenvalue weighted by molar-refractivity contribution is 7.89. The molecule has 1 amide bonds. The molecule has 1 aliphatic carbocycles. The Morgan fingerprint density at radius 1 is 1.21 bits per heavy atom. The summed E-state index contributed by atoms with van der Waals surface area (Å²) in [6, 6.07) is 3.72. The summed E-state index contributed by atoms with van der Waals surface area (Å²) in [6.45, 7) is 3.77. The van der Waals surface area contributed by atoms with Gasteiger partial charge in [-0.25, -0.2) is 13.4 Å². The van der Waals surface area contributed by atoms with Gasteiger partial charge >= 0.3 is 0 Å². The number of hydrazine groups is 1. The molecule has 1 aromatic carbocycles. The predicted molar refractivity (Wildman–Crippen MR) is 109 cm³/mol. The summed E-state index contributed by atoms with van der Waals surface area (Å²) in [7, 11) is -1.68. The van der Waals surface area contributed by atoms with Crippen LogP contribution in [0.4, 0.5) is 0 Å². The molecule has 2 aromatic rings. The number of aryl methyl sites for hydroxylation is 2. The van der Waals surface area contributed by atoms with Crippen molar-refractivity contribution in [3.63, 3.8) is 0 Å². The summed E-state index contributed by atoms with van der Waals surface area (Å²) in [5.74, 6) is -0.246. The quantitative estimate of drug-likeness (QED) is 0.724. The van der Waals surface area contributed by atoms with E-state index in [1.807, 2.05) is 37.7 Å². The molecule has 0 radical (unpaired) electrons. The normalized spacial score (nSPS) is 15.5. The van der Waals surface area contributed by atoms with E-state index in [4.69, 9.17) is 0 Å². The van der Waals surface area contributed by atoms with Crippen molar-refractivity contribution >= 4 is 15.9 Å². The summed E-state index contributed by atoms with van der Waals surface area (Å²) >= 11 is 0. The summed E-state index contributed by atoms with van der Waals surface area (Å²) in [5, 5.41) is 0. The van der Waals surface area contributed by atoms with Gasteiger partial charge in [0.1, 0.15) is 0 Å². The third-order valence-electron chi connectivity index (χ3n) is 5.41. The summed E-state index contributed by atoms with van der Waals surface area (Å²) in [5.41, 5.74) is 6.14. The molecule has 1 saturated carbocycles. The van der Waals surface area contributed by atoms with Gasteiger partial charge in [0.15, 0.2) is 0 Å². The fourth-order valence-corrected chi connectivity index (χ4v) is 4.99. The number of imidazole rings is 1. The molecule has 2 N–H and O–H groups in total. The zero-order chi connectivity index (χ0) is 20.3. The fourth-order valence-electron chi connectivity index (χ4n) is 3.70. The molecular weight excluding hydrogens is 376 g/mol. The zero-order valence-corrected chi connectivity index (χ0v) is 17.5. The van der Waals surface area contributed by atoms with Crippen molar-refractivity contribution in [3.8, 4) is 11.3 Å². The van der Waals surface area contributed by atoms with Crippen molar-refractivity contribution in [2.45, 2.75) is 46.0 Å². The van der Waals surface area contributed by atoms with Gasteiger partial charge in [0.05, 0.1) is 17.8 Å². The number of carbonyl (C=O) groups is 1. The molecule has 1 fully saturated rings. The smallest absolute Gasteiger partial charge is 0.266 e. The molecule has 1 aromatic heterocycles. The summed E-state index contributed by atoms with van der Waals surface area (Å²) < 4.78 is 26.5. The highest BCUT2D eigenvalue weighted by atomic mass is 32.2. The Morgan fingerprint density at radius 2 is 1.93 bits per heavy atom. The van der Waals surface area contributed by atoms with E-state index in [2.05, 4.69) is 15.2 Å².